The second kappa shape index (κ2) is 5.00. The summed E-state index contributed by atoms with van der Waals surface area (Å²) in [5.74, 6) is -0.755. The second-order valence-electron chi connectivity index (χ2n) is 4.68. The van der Waals surface area contributed by atoms with Crippen LogP contribution in [0.1, 0.15) is 0 Å². The minimum absolute atomic E-state index is 0.0106. The smallest absolute Gasteiger partial charge is 0.199 e. The molecule has 112 valence electrons. The topological polar surface area (TPSA) is 103 Å². The molecule has 2 aromatic carbocycles. The summed E-state index contributed by atoms with van der Waals surface area (Å²) in [6, 6.07) is 6.58. The summed E-state index contributed by atoms with van der Waals surface area (Å²) >= 11 is 0. The maximum atomic E-state index is 12.5. The fraction of sp³-hybridized carbons (Fsp3) is 0.0625. The molecule has 0 aliphatic rings. The van der Waals surface area contributed by atoms with Gasteiger partial charge < -0.3 is 24.5 Å². The van der Waals surface area contributed by atoms with E-state index in [4.69, 9.17) is 9.15 Å². The molecule has 0 aliphatic carbocycles. The van der Waals surface area contributed by atoms with E-state index in [0.29, 0.717) is 5.56 Å². The highest BCUT2D eigenvalue weighted by Gasteiger charge is 2.12. The van der Waals surface area contributed by atoms with E-state index in [1.165, 1.54) is 31.6 Å². The van der Waals surface area contributed by atoms with Crippen molar-refractivity contribution in [1.82, 2.24) is 0 Å². The molecule has 0 fully saturated rings. The predicted octanol–water partition coefficient (Wildman–Crippen LogP) is 1.95. The van der Waals surface area contributed by atoms with Gasteiger partial charge in [-0.05, 0) is 23.8 Å². The molecule has 6 nitrogen and oxygen atoms in total. The summed E-state index contributed by atoms with van der Waals surface area (Å²) in [5.41, 5.74) is 0.00182. The van der Waals surface area contributed by atoms with Crippen molar-refractivity contribution in [3.8, 4) is 34.1 Å². The van der Waals surface area contributed by atoms with E-state index >= 15 is 0 Å². The van der Waals surface area contributed by atoms with E-state index in [2.05, 4.69) is 0 Å². The quantitative estimate of drug-likeness (QED) is 0.749. The van der Waals surface area contributed by atoms with Crippen LogP contribution in [-0.2, 0) is 0 Å². The average Bonchev–Trinajstić information content (AvgIpc) is 2.46. The van der Waals surface area contributed by atoms with Crippen LogP contribution in [0.2, 0.25) is 0 Å². The number of phenolic OH excluding ortho intramolecular Hbond substituents is 2. The van der Waals surface area contributed by atoms with Crippen molar-refractivity contribution in [3.05, 3.63) is 46.8 Å². The van der Waals surface area contributed by atoms with Crippen LogP contribution in [0, 0.1) is 0 Å². The summed E-state index contributed by atoms with van der Waals surface area (Å²) in [7, 11) is 1.41. The van der Waals surface area contributed by atoms with Crippen LogP contribution >= 0.6 is 0 Å². The normalized spacial score (nSPS) is 10.8. The number of ether oxygens (including phenoxy) is 1. The molecule has 3 aromatic rings. The zero-order valence-electron chi connectivity index (χ0n) is 11.5. The van der Waals surface area contributed by atoms with Crippen LogP contribution in [-0.4, -0.2) is 17.3 Å². The standard InChI is InChI=1S/C16H12O6/c1-21-13-3-2-8(4-11(13)18)10-7-22-14-6-9(17)5-12(19)15(14)16(10)20/h2-7,17-19H,1H3/p-1. The van der Waals surface area contributed by atoms with Crippen molar-refractivity contribution in [1.29, 1.82) is 0 Å². The Morgan fingerprint density at radius 1 is 1.18 bits per heavy atom. The molecular weight excluding hydrogens is 288 g/mol. The van der Waals surface area contributed by atoms with Gasteiger partial charge in [-0.1, -0.05) is 11.8 Å². The van der Waals surface area contributed by atoms with E-state index in [1.54, 1.807) is 6.07 Å². The predicted molar refractivity (Wildman–Crippen MR) is 77.2 cm³/mol. The molecule has 0 saturated heterocycles. The number of fused-ring (bicyclic) bond motifs is 1. The second-order valence-corrected chi connectivity index (χ2v) is 4.68. The Balaban J connectivity index is 2.26. The van der Waals surface area contributed by atoms with Gasteiger partial charge in [0.1, 0.15) is 17.6 Å². The minimum Gasteiger partial charge on any atom is -0.872 e. The number of aromatic hydroxyl groups is 2. The third-order valence-electron chi connectivity index (χ3n) is 3.32. The van der Waals surface area contributed by atoms with Crippen LogP contribution in [0.4, 0.5) is 0 Å². The minimum atomic E-state index is -0.622. The lowest BCUT2D eigenvalue weighted by Gasteiger charge is -2.11. The highest BCUT2D eigenvalue weighted by atomic mass is 16.5. The van der Waals surface area contributed by atoms with Crippen molar-refractivity contribution in [2.24, 2.45) is 0 Å². The Bertz CT molecular complexity index is 926. The molecule has 0 saturated carbocycles. The van der Waals surface area contributed by atoms with Crippen LogP contribution < -0.4 is 15.3 Å². The maximum absolute atomic E-state index is 12.5. The molecule has 1 aromatic heterocycles. The third-order valence-corrected chi connectivity index (χ3v) is 3.32. The molecule has 0 atom stereocenters. The molecule has 2 N–H and O–H groups in total. The molecule has 0 amide bonds. The highest BCUT2D eigenvalue weighted by molar-refractivity contribution is 5.87. The first-order valence-corrected chi connectivity index (χ1v) is 6.34. The lowest BCUT2D eigenvalue weighted by atomic mass is 10.0. The van der Waals surface area contributed by atoms with Gasteiger partial charge in [-0.25, -0.2) is 0 Å². The third kappa shape index (κ3) is 2.10. The molecule has 6 heteroatoms. The van der Waals surface area contributed by atoms with E-state index in [1.807, 2.05) is 0 Å². The van der Waals surface area contributed by atoms with Gasteiger partial charge in [0.2, 0.25) is 0 Å². The van der Waals surface area contributed by atoms with Crippen LogP contribution in [0.25, 0.3) is 22.1 Å². The van der Waals surface area contributed by atoms with Gasteiger partial charge in [0.25, 0.3) is 0 Å². The molecule has 0 radical (unpaired) electrons. The fourth-order valence-electron chi connectivity index (χ4n) is 2.26. The Morgan fingerprint density at radius 3 is 2.64 bits per heavy atom. The molecular formula is C16H11O6-. The summed E-state index contributed by atoms with van der Waals surface area (Å²) in [4.78, 5) is 12.5. The summed E-state index contributed by atoms with van der Waals surface area (Å²) in [5, 5.41) is 30.9. The first-order chi connectivity index (χ1) is 10.5. The molecule has 0 unspecified atom stereocenters. The van der Waals surface area contributed by atoms with Crippen molar-refractivity contribution < 1.29 is 24.5 Å². The Hall–Kier alpha value is -3.15. The molecule has 0 spiro atoms. The Morgan fingerprint density at radius 2 is 1.95 bits per heavy atom. The summed E-state index contributed by atoms with van der Waals surface area (Å²) in [6.45, 7) is 0. The monoisotopic (exact) mass is 299 g/mol. The Labute approximate surface area is 124 Å². The fourth-order valence-corrected chi connectivity index (χ4v) is 2.26. The van der Waals surface area contributed by atoms with Gasteiger partial charge in [0.05, 0.1) is 18.1 Å². The van der Waals surface area contributed by atoms with E-state index in [0.717, 1.165) is 6.07 Å². The van der Waals surface area contributed by atoms with Crippen molar-refractivity contribution in [3.63, 3.8) is 0 Å². The number of benzene rings is 2. The van der Waals surface area contributed by atoms with Crippen molar-refractivity contribution in [2.45, 2.75) is 0 Å². The van der Waals surface area contributed by atoms with Gasteiger partial charge in [-0.15, -0.1) is 0 Å². The van der Waals surface area contributed by atoms with E-state index in [9.17, 15) is 20.1 Å². The number of phenols is 2. The van der Waals surface area contributed by atoms with E-state index < -0.39 is 11.2 Å². The molecule has 0 bridgehead atoms. The van der Waals surface area contributed by atoms with Crippen LogP contribution in [0.5, 0.6) is 23.0 Å². The van der Waals surface area contributed by atoms with Crippen molar-refractivity contribution in [2.75, 3.05) is 7.11 Å². The molecule has 1 heterocycles. The van der Waals surface area contributed by atoms with Crippen molar-refractivity contribution >= 4 is 11.0 Å². The van der Waals surface area contributed by atoms with Gasteiger partial charge in [-0.2, -0.15) is 0 Å². The van der Waals surface area contributed by atoms with Gasteiger partial charge in [0, 0.05) is 6.07 Å². The number of methoxy groups -OCH3 is 1. The van der Waals surface area contributed by atoms with Gasteiger partial charge in [-0.3, -0.25) is 4.79 Å². The number of hydrogen-bond donors (Lipinski definition) is 2. The molecule has 3 rings (SSSR count). The zero-order chi connectivity index (χ0) is 15.9. The molecule has 22 heavy (non-hydrogen) atoms. The summed E-state index contributed by atoms with van der Waals surface area (Å²) < 4.78 is 10.2. The first kappa shape index (κ1) is 13.8. The lowest BCUT2D eigenvalue weighted by molar-refractivity contribution is -0.266. The Kier molecular flexibility index (Phi) is 3.14. The van der Waals surface area contributed by atoms with Gasteiger partial charge in [0.15, 0.2) is 16.9 Å². The van der Waals surface area contributed by atoms with Crippen LogP contribution in [0.15, 0.2) is 45.8 Å². The van der Waals surface area contributed by atoms with Crippen LogP contribution in [0.3, 0.4) is 0 Å². The average molecular weight is 299 g/mol. The largest absolute Gasteiger partial charge is 0.872 e. The lowest BCUT2D eigenvalue weighted by Crippen LogP contribution is -2.08. The first-order valence-electron chi connectivity index (χ1n) is 6.34. The highest BCUT2D eigenvalue weighted by Crippen LogP contribution is 2.32. The van der Waals surface area contributed by atoms with E-state index in [-0.39, 0.29) is 33.8 Å². The maximum Gasteiger partial charge on any atom is 0.199 e. The number of rotatable bonds is 2. The number of hydrogen-bond acceptors (Lipinski definition) is 6. The zero-order valence-corrected chi connectivity index (χ0v) is 11.5. The van der Waals surface area contributed by atoms with Gasteiger partial charge >= 0.3 is 0 Å². The summed E-state index contributed by atoms with van der Waals surface area (Å²) in [6.07, 6.45) is 1.19. The molecule has 0 aliphatic heterocycles. The SMILES string of the molecule is COc1ccc(-c2coc3cc(O)cc([O-])c3c2=O)cc1O.